The van der Waals surface area contributed by atoms with Crippen LogP contribution in [0.25, 0.3) is 0 Å². The zero-order valence-corrected chi connectivity index (χ0v) is 21.3. The largest absolute Gasteiger partial charge is 0.325 e. The van der Waals surface area contributed by atoms with E-state index < -0.39 is 15.9 Å². The van der Waals surface area contributed by atoms with Gasteiger partial charge < -0.3 is 5.32 Å². The first-order valence-corrected chi connectivity index (χ1v) is 12.6. The predicted molar refractivity (Wildman–Crippen MR) is 135 cm³/mol. The number of rotatable bonds is 7. The highest BCUT2D eigenvalue weighted by molar-refractivity contribution is 7.89. The lowest BCUT2D eigenvalue weighted by Crippen LogP contribution is -2.38. The standard InChI is InChI=1S/C25H26Cl2N2O3S/c1-16-11-18(3)25(19(4)12-16)33(31,32)29(14-20-6-8-21(26)9-7-20)15-24(30)28-22-10-5-17(2)23(27)13-22/h5-13H,14-15H2,1-4H3,(H,28,30). The van der Waals surface area contributed by atoms with Crippen molar-refractivity contribution < 1.29 is 13.2 Å². The maximum Gasteiger partial charge on any atom is 0.244 e. The van der Waals surface area contributed by atoms with Gasteiger partial charge in [-0.25, -0.2) is 8.42 Å². The second-order valence-corrected chi connectivity index (χ2v) is 10.9. The Labute approximate surface area is 205 Å². The number of aryl methyl sites for hydroxylation is 4. The minimum atomic E-state index is -3.98. The van der Waals surface area contributed by atoms with Crippen molar-refractivity contribution in [1.82, 2.24) is 4.31 Å². The quantitative estimate of drug-likeness (QED) is 0.425. The third kappa shape index (κ3) is 6.15. The summed E-state index contributed by atoms with van der Waals surface area (Å²) < 4.78 is 28.7. The first kappa shape index (κ1) is 25.2. The Morgan fingerprint density at radius 1 is 0.879 bits per heavy atom. The SMILES string of the molecule is Cc1cc(C)c(S(=O)(=O)N(CC(=O)Nc2ccc(C)c(Cl)c2)Cc2ccc(Cl)cc2)c(C)c1. The van der Waals surface area contributed by atoms with Crippen LogP contribution in [-0.4, -0.2) is 25.2 Å². The molecule has 5 nitrogen and oxygen atoms in total. The summed E-state index contributed by atoms with van der Waals surface area (Å²) in [6.45, 7) is 6.98. The van der Waals surface area contributed by atoms with Gasteiger partial charge in [0.1, 0.15) is 0 Å². The number of carbonyl (C=O) groups is 1. The maximum absolute atomic E-state index is 13.7. The first-order chi connectivity index (χ1) is 15.5. The van der Waals surface area contributed by atoms with E-state index in [2.05, 4.69) is 5.32 Å². The molecule has 3 rings (SSSR count). The summed E-state index contributed by atoms with van der Waals surface area (Å²) in [6, 6.07) is 15.7. The van der Waals surface area contributed by atoms with Crippen LogP contribution in [-0.2, 0) is 21.4 Å². The van der Waals surface area contributed by atoms with Gasteiger partial charge >= 0.3 is 0 Å². The number of benzene rings is 3. The van der Waals surface area contributed by atoms with Crippen LogP contribution in [0.15, 0.2) is 59.5 Å². The van der Waals surface area contributed by atoms with Crippen LogP contribution in [0.3, 0.4) is 0 Å². The molecule has 0 saturated heterocycles. The van der Waals surface area contributed by atoms with Crippen LogP contribution in [0.4, 0.5) is 5.69 Å². The highest BCUT2D eigenvalue weighted by Crippen LogP contribution is 2.27. The van der Waals surface area contributed by atoms with E-state index in [1.54, 1.807) is 56.3 Å². The lowest BCUT2D eigenvalue weighted by atomic mass is 10.1. The van der Waals surface area contributed by atoms with E-state index >= 15 is 0 Å². The second-order valence-electron chi connectivity index (χ2n) is 8.14. The molecule has 33 heavy (non-hydrogen) atoms. The number of halogens is 2. The molecular weight excluding hydrogens is 479 g/mol. The third-order valence-corrected chi connectivity index (χ3v) is 8.01. The van der Waals surface area contributed by atoms with Crippen LogP contribution < -0.4 is 5.32 Å². The monoisotopic (exact) mass is 504 g/mol. The Balaban J connectivity index is 1.95. The molecule has 0 radical (unpaired) electrons. The summed E-state index contributed by atoms with van der Waals surface area (Å²) in [5, 5.41) is 3.81. The second kappa shape index (κ2) is 10.3. The molecule has 3 aromatic rings. The van der Waals surface area contributed by atoms with Gasteiger partial charge in [0.05, 0.1) is 11.4 Å². The van der Waals surface area contributed by atoms with Crippen LogP contribution in [0.1, 0.15) is 27.8 Å². The lowest BCUT2D eigenvalue weighted by Gasteiger charge is -2.24. The van der Waals surface area contributed by atoms with Crippen LogP contribution in [0, 0.1) is 27.7 Å². The Kier molecular flexibility index (Phi) is 7.85. The molecule has 0 aliphatic heterocycles. The summed E-state index contributed by atoms with van der Waals surface area (Å²) in [5.41, 5.74) is 4.35. The van der Waals surface area contributed by atoms with Gasteiger partial charge in [0.15, 0.2) is 0 Å². The van der Waals surface area contributed by atoms with Gasteiger partial charge in [-0.2, -0.15) is 4.31 Å². The fourth-order valence-corrected chi connectivity index (χ4v) is 5.86. The smallest absolute Gasteiger partial charge is 0.244 e. The van der Waals surface area contributed by atoms with Gasteiger partial charge in [-0.15, -0.1) is 0 Å². The number of carbonyl (C=O) groups excluding carboxylic acids is 1. The number of sulfonamides is 1. The van der Waals surface area contributed by atoms with E-state index in [0.29, 0.717) is 26.9 Å². The van der Waals surface area contributed by atoms with Crippen molar-refractivity contribution in [3.63, 3.8) is 0 Å². The number of hydrogen-bond acceptors (Lipinski definition) is 3. The highest BCUT2D eigenvalue weighted by Gasteiger charge is 2.30. The van der Waals surface area contributed by atoms with E-state index in [4.69, 9.17) is 23.2 Å². The lowest BCUT2D eigenvalue weighted by molar-refractivity contribution is -0.116. The first-order valence-electron chi connectivity index (χ1n) is 10.4. The Morgan fingerprint density at radius 3 is 2.06 bits per heavy atom. The number of hydrogen-bond donors (Lipinski definition) is 1. The molecule has 0 saturated carbocycles. The number of nitrogens with zero attached hydrogens (tertiary/aromatic N) is 1. The van der Waals surface area contributed by atoms with E-state index in [9.17, 15) is 13.2 Å². The fourth-order valence-electron chi connectivity index (χ4n) is 3.75. The number of anilines is 1. The molecule has 1 N–H and O–H groups in total. The third-order valence-electron chi connectivity index (χ3n) is 5.25. The van der Waals surface area contributed by atoms with Gasteiger partial charge in [-0.1, -0.05) is 59.1 Å². The van der Waals surface area contributed by atoms with Gasteiger partial charge in [0, 0.05) is 22.3 Å². The van der Waals surface area contributed by atoms with Gasteiger partial charge in [0.2, 0.25) is 15.9 Å². The van der Waals surface area contributed by atoms with Crippen LogP contribution in [0.2, 0.25) is 10.0 Å². The average molecular weight is 505 g/mol. The zero-order valence-electron chi connectivity index (χ0n) is 18.9. The molecule has 8 heteroatoms. The normalized spacial score (nSPS) is 11.6. The molecular formula is C25H26Cl2N2O3S. The molecule has 0 heterocycles. The van der Waals surface area contributed by atoms with E-state index in [1.165, 1.54) is 4.31 Å². The van der Waals surface area contributed by atoms with Crippen LogP contribution >= 0.6 is 23.2 Å². The fraction of sp³-hybridized carbons (Fsp3) is 0.240. The topological polar surface area (TPSA) is 66.5 Å². The van der Waals surface area contributed by atoms with Crippen molar-refractivity contribution in [3.8, 4) is 0 Å². The maximum atomic E-state index is 13.7. The van der Waals surface area contributed by atoms with E-state index in [-0.39, 0.29) is 18.0 Å². The molecule has 0 spiro atoms. The summed E-state index contributed by atoms with van der Waals surface area (Å²) in [7, 11) is -3.98. The minimum absolute atomic E-state index is 0.0222. The summed E-state index contributed by atoms with van der Waals surface area (Å²) in [4.78, 5) is 13.1. The summed E-state index contributed by atoms with van der Waals surface area (Å²) in [5.74, 6) is -0.463. The van der Waals surface area contributed by atoms with Crippen molar-refractivity contribution in [3.05, 3.63) is 92.5 Å². The highest BCUT2D eigenvalue weighted by atomic mass is 35.5. The van der Waals surface area contributed by atoms with Crippen molar-refractivity contribution in [2.45, 2.75) is 39.1 Å². The van der Waals surface area contributed by atoms with Crippen molar-refractivity contribution in [2.75, 3.05) is 11.9 Å². The Morgan fingerprint density at radius 2 is 1.48 bits per heavy atom. The number of nitrogens with one attached hydrogen (secondary N) is 1. The predicted octanol–water partition coefficient (Wildman–Crippen LogP) is 6.06. The van der Waals surface area contributed by atoms with E-state index in [0.717, 1.165) is 16.7 Å². The van der Waals surface area contributed by atoms with Crippen LogP contribution in [0.5, 0.6) is 0 Å². The molecule has 0 aliphatic rings. The Hall–Kier alpha value is -2.38. The van der Waals surface area contributed by atoms with Crippen molar-refractivity contribution in [2.24, 2.45) is 0 Å². The van der Waals surface area contributed by atoms with Gasteiger partial charge in [-0.05, 0) is 74.2 Å². The molecule has 0 aromatic heterocycles. The van der Waals surface area contributed by atoms with E-state index in [1.807, 2.05) is 26.0 Å². The molecule has 0 fully saturated rings. The molecule has 3 aromatic carbocycles. The molecule has 0 bridgehead atoms. The van der Waals surface area contributed by atoms with Gasteiger partial charge in [0.25, 0.3) is 0 Å². The molecule has 0 atom stereocenters. The molecule has 0 aliphatic carbocycles. The summed E-state index contributed by atoms with van der Waals surface area (Å²) in [6.07, 6.45) is 0. The molecule has 0 unspecified atom stereocenters. The Bertz CT molecular complexity index is 1270. The molecule has 1 amide bonds. The minimum Gasteiger partial charge on any atom is -0.325 e. The average Bonchev–Trinajstić information content (AvgIpc) is 2.71. The summed E-state index contributed by atoms with van der Waals surface area (Å²) >= 11 is 12.1. The molecule has 174 valence electrons. The zero-order chi connectivity index (χ0) is 24.3. The van der Waals surface area contributed by atoms with Crippen molar-refractivity contribution in [1.29, 1.82) is 0 Å². The van der Waals surface area contributed by atoms with Gasteiger partial charge in [-0.3, -0.25) is 4.79 Å². The number of amides is 1. The van der Waals surface area contributed by atoms with Crippen molar-refractivity contribution >= 4 is 44.8 Å².